The van der Waals surface area contributed by atoms with Crippen molar-refractivity contribution in [2.24, 2.45) is 7.05 Å². The van der Waals surface area contributed by atoms with Crippen molar-refractivity contribution in [3.05, 3.63) is 30.4 Å². The molecule has 0 saturated heterocycles. The molecule has 0 bridgehead atoms. The van der Waals surface area contributed by atoms with Gasteiger partial charge >= 0.3 is 0 Å². The number of aromatic nitrogens is 3. The second-order valence-corrected chi connectivity index (χ2v) is 6.21. The maximum Gasteiger partial charge on any atom is 0.263 e. The van der Waals surface area contributed by atoms with Crippen molar-refractivity contribution in [3.63, 3.8) is 0 Å². The molecule has 2 aromatic rings. The van der Waals surface area contributed by atoms with Crippen LogP contribution in [0.2, 0.25) is 0 Å². The van der Waals surface area contributed by atoms with Crippen molar-refractivity contribution >= 4 is 15.7 Å². The highest BCUT2D eigenvalue weighted by atomic mass is 32.2. The topological polar surface area (TPSA) is 98.4 Å². The summed E-state index contributed by atoms with van der Waals surface area (Å²) >= 11 is 0. The fourth-order valence-corrected chi connectivity index (χ4v) is 2.94. The number of aliphatic hydroxyl groups excluding tert-OH is 1. The summed E-state index contributed by atoms with van der Waals surface area (Å²) in [4.78, 5) is 0.0960. The lowest BCUT2D eigenvalue weighted by molar-refractivity contribution is 0.183. The van der Waals surface area contributed by atoms with Gasteiger partial charge in [-0.2, -0.15) is 5.10 Å². The number of aliphatic hydroxyl groups is 1. The van der Waals surface area contributed by atoms with Gasteiger partial charge in [0.15, 0.2) is 0 Å². The van der Waals surface area contributed by atoms with Crippen LogP contribution in [0.4, 0.5) is 5.69 Å². The normalized spacial score (nSPS) is 11.8. The van der Waals surface area contributed by atoms with Crippen molar-refractivity contribution in [1.29, 1.82) is 0 Å². The molecule has 0 aliphatic heterocycles. The molecule has 2 rings (SSSR count). The lowest BCUT2D eigenvalue weighted by Gasteiger charge is -2.03. The molecule has 116 valence electrons. The first kappa shape index (κ1) is 15.5. The van der Waals surface area contributed by atoms with Crippen molar-refractivity contribution in [2.45, 2.75) is 18.0 Å². The van der Waals surface area contributed by atoms with E-state index in [1.807, 2.05) is 0 Å². The molecule has 0 aromatic carbocycles. The molecule has 0 spiro atoms. The number of rotatable bonds is 7. The van der Waals surface area contributed by atoms with Gasteiger partial charge in [-0.25, -0.2) is 8.42 Å². The molecule has 0 amide bonds. The number of hydrogen-bond donors (Lipinski definition) is 2. The average molecular weight is 314 g/mol. The molecule has 0 aliphatic carbocycles. The summed E-state index contributed by atoms with van der Waals surface area (Å²) < 4.78 is 35.0. The van der Waals surface area contributed by atoms with Gasteiger partial charge < -0.3 is 14.4 Å². The third-order valence-corrected chi connectivity index (χ3v) is 4.31. The van der Waals surface area contributed by atoms with Crippen LogP contribution < -0.4 is 4.72 Å². The zero-order chi connectivity index (χ0) is 15.5. The molecule has 0 saturated carbocycles. The third kappa shape index (κ3) is 3.63. The van der Waals surface area contributed by atoms with Crippen molar-refractivity contribution in [3.8, 4) is 0 Å². The summed E-state index contributed by atoms with van der Waals surface area (Å²) in [7, 11) is -0.440. The van der Waals surface area contributed by atoms with Crippen molar-refractivity contribution in [2.75, 3.05) is 18.4 Å². The third-order valence-electron chi connectivity index (χ3n) is 2.97. The fourth-order valence-electron chi connectivity index (χ4n) is 1.82. The Morgan fingerprint density at radius 2 is 2.19 bits per heavy atom. The lowest BCUT2D eigenvalue weighted by Crippen LogP contribution is -2.12. The monoisotopic (exact) mass is 314 g/mol. The molecule has 0 aliphatic rings. The Kier molecular flexibility index (Phi) is 4.66. The summed E-state index contributed by atoms with van der Waals surface area (Å²) in [6.45, 7) is 0.811. The molecular weight excluding hydrogens is 296 g/mol. The minimum atomic E-state index is -3.70. The molecule has 2 aromatic heterocycles. The number of nitrogens with zero attached hydrogens (tertiary/aromatic N) is 3. The van der Waals surface area contributed by atoms with Crippen LogP contribution >= 0.6 is 0 Å². The van der Waals surface area contributed by atoms with E-state index in [0.29, 0.717) is 24.5 Å². The highest BCUT2D eigenvalue weighted by Gasteiger charge is 2.18. The molecule has 21 heavy (non-hydrogen) atoms. The largest absolute Gasteiger partial charge is 0.390 e. The van der Waals surface area contributed by atoms with Gasteiger partial charge in [0, 0.05) is 32.2 Å². The van der Waals surface area contributed by atoms with E-state index in [4.69, 9.17) is 9.84 Å². The van der Waals surface area contributed by atoms with Crippen LogP contribution in [0.1, 0.15) is 5.69 Å². The van der Waals surface area contributed by atoms with E-state index in [1.165, 1.54) is 18.5 Å². The predicted molar refractivity (Wildman–Crippen MR) is 76.2 cm³/mol. The maximum atomic E-state index is 12.2. The number of ether oxygens (including phenoxy) is 1. The van der Waals surface area contributed by atoms with Gasteiger partial charge in [-0.15, -0.1) is 0 Å². The van der Waals surface area contributed by atoms with E-state index in [1.54, 1.807) is 29.6 Å². The van der Waals surface area contributed by atoms with Crippen LogP contribution in [0.15, 0.2) is 29.6 Å². The molecule has 0 fully saturated rings. The van der Waals surface area contributed by atoms with Crippen LogP contribution in [0.3, 0.4) is 0 Å². The van der Waals surface area contributed by atoms with Gasteiger partial charge in [-0.05, 0) is 6.07 Å². The van der Waals surface area contributed by atoms with Gasteiger partial charge in [-0.1, -0.05) is 0 Å². The van der Waals surface area contributed by atoms with E-state index in [9.17, 15) is 8.42 Å². The number of methoxy groups -OCH3 is 1. The first-order chi connectivity index (χ1) is 9.96. The highest BCUT2D eigenvalue weighted by molar-refractivity contribution is 7.92. The van der Waals surface area contributed by atoms with Crippen molar-refractivity contribution in [1.82, 2.24) is 14.3 Å². The molecule has 8 nitrogen and oxygen atoms in total. The van der Waals surface area contributed by atoms with Crippen molar-refractivity contribution < 1.29 is 18.3 Å². The number of nitrogens with one attached hydrogen (secondary N) is 1. The minimum absolute atomic E-state index is 0.0960. The summed E-state index contributed by atoms with van der Waals surface area (Å²) in [5.41, 5.74) is 0.895. The minimum Gasteiger partial charge on any atom is -0.390 e. The zero-order valence-corrected chi connectivity index (χ0v) is 12.7. The van der Waals surface area contributed by atoms with Crippen LogP contribution in [0.5, 0.6) is 0 Å². The standard InChI is InChI=1S/C12H18N4O4S/c1-15-8-12(5-11(15)9-17)21(18,19)14-10-6-13-16(7-10)3-4-20-2/h5-8,14,17H,3-4,9H2,1-2H3. The van der Waals surface area contributed by atoms with Gasteiger partial charge in [0.2, 0.25) is 0 Å². The second-order valence-electron chi connectivity index (χ2n) is 4.53. The Morgan fingerprint density at radius 1 is 1.43 bits per heavy atom. The highest BCUT2D eigenvalue weighted by Crippen LogP contribution is 2.17. The molecular formula is C12H18N4O4S. The summed E-state index contributed by atoms with van der Waals surface area (Å²) in [5, 5.41) is 13.1. The zero-order valence-electron chi connectivity index (χ0n) is 11.9. The first-order valence-corrected chi connectivity index (χ1v) is 7.75. The van der Waals surface area contributed by atoms with E-state index in [0.717, 1.165) is 0 Å². The van der Waals surface area contributed by atoms with E-state index in [-0.39, 0.29) is 11.5 Å². The van der Waals surface area contributed by atoms with Crippen LogP contribution in [0, 0.1) is 0 Å². The van der Waals surface area contributed by atoms with Gasteiger partial charge in [0.05, 0.1) is 31.6 Å². The molecule has 2 N–H and O–H groups in total. The Hall–Kier alpha value is -1.84. The summed E-state index contributed by atoms with van der Waals surface area (Å²) in [6, 6.07) is 1.43. The lowest BCUT2D eigenvalue weighted by atomic mass is 10.5. The van der Waals surface area contributed by atoms with E-state index in [2.05, 4.69) is 9.82 Å². The van der Waals surface area contributed by atoms with Crippen LogP contribution in [-0.4, -0.2) is 41.6 Å². The Balaban J connectivity index is 2.14. The Morgan fingerprint density at radius 3 is 2.81 bits per heavy atom. The average Bonchev–Trinajstić information content (AvgIpc) is 3.02. The molecule has 2 heterocycles. The Labute approximate surface area is 123 Å². The Bertz CT molecular complexity index is 705. The SMILES string of the molecule is COCCn1cc(NS(=O)(=O)c2cc(CO)n(C)c2)cn1. The number of hydrogen-bond acceptors (Lipinski definition) is 5. The van der Waals surface area contributed by atoms with E-state index < -0.39 is 10.0 Å². The second kappa shape index (κ2) is 6.29. The van der Waals surface area contributed by atoms with Crippen LogP contribution in [-0.2, 0) is 35.0 Å². The molecule has 9 heteroatoms. The first-order valence-electron chi connectivity index (χ1n) is 6.26. The quantitative estimate of drug-likeness (QED) is 0.758. The number of sulfonamides is 1. The maximum absolute atomic E-state index is 12.2. The fraction of sp³-hybridized carbons (Fsp3) is 0.417. The van der Waals surface area contributed by atoms with Gasteiger partial charge in [0.1, 0.15) is 4.90 Å². The summed E-state index contributed by atoms with van der Waals surface area (Å²) in [5.74, 6) is 0. The van der Waals surface area contributed by atoms with Gasteiger partial charge in [0.25, 0.3) is 10.0 Å². The molecule has 0 radical (unpaired) electrons. The number of aryl methyl sites for hydroxylation is 1. The molecule has 0 unspecified atom stereocenters. The summed E-state index contributed by atoms with van der Waals surface area (Å²) in [6.07, 6.45) is 4.47. The predicted octanol–water partition coefficient (Wildman–Crippen LogP) is 0.161. The molecule has 0 atom stereocenters. The van der Waals surface area contributed by atoms with Gasteiger partial charge in [-0.3, -0.25) is 9.40 Å². The van der Waals surface area contributed by atoms with Crippen LogP contribution in [0.25, 0.3) is 0 Å². The van der Waals surface area contributed by atoms with E-state index >= 15 is 0 Å². The smallest absolute Gasteiger partial charge is 0.263 e. The number of anilines is 1.